The average molecular weight is 345 g/mol. The SMILES string of the molecule is Cc1ccccc1CC(C)NS(=O)(=O)c1sc(Cl)nc1C. The maximum atomic E-state index is 12.4. The number of aromatic nitrogens is 1. The van der Waals surface area contributed by atoms with E-state index >= 15 is 0 Å². The molecule has 0 fully saturated rings. The Balaban J connectivity index is 2.14. The molecule has 1 heterocycles. The molecule has 0 radical (unpaired) electrons. The van der Waals surface area contributed by atoms with Gasteiger partial charge in [-0.3, -0.25) is 0 Å². The molecule has 2 rings (SSSR count). The number of sulfonamides is 1. The number of thiazole rings is 1. The minimum absolute atomic E-state index is 0.184. The van der Waals surface area contributed by atoms with Gasteiger partial charge in [-0.2, -0.15) is 0 Å². The minimum Gasteiger partial charge on any atom is -0.229 e. The first-order chi connectivity index (χ1) is 9.79. The molecule has 1 unspecified atom stereocenters. The molecule has 4 nitrogen and oxygen atoms in total. The Morgan fingerprint density at radius 3 is 2.57 bits per heavy atom. The quantitative estimate of drug-likeness (QED) is 0.905. The molecule has 0 aliphatic rings. The van der Waals surface area contributed by atoms with Crippen molar-refractivity contribution in [3.8, 4) is 0 Å². The summed E-state index contributed by atoms with van der Waals surface area (Å²) in [6, 6.07) is 7.74. The second kappa shape index (κ2) is 6.44. The van der Waals surface area contributed by atoms with Gasteiger partial charge >= 0.3 is 0 Å². The predicted molar refractivity (Wildman–Crippen MR) is 86.5 cm³/mol. The number of benzene rings is 1. The van der Waals surface area contributed by atoms with Crippen molar-refractivity contribution in [1.29, 1.82) is 0 Å². The van der Waals surface area contributed by atoms with Gasteiger partial charge in [-0.05, 0) is 38.3 Å². The third-order valence-electron chi connectivity index (χ3n) is 3.12. The first-order valence-corrected chi connectivity index (χ1v) is 9.17. The van der Waals surface area contributed by atoms with E-state index in [4.69, 9.17) is 11.6 Å². The summed E-state index contributed by atoms with van der Waals surface area (Å²) in [6.45, 7) is 5.51. The number of aryl methyl sites for hydroxylation is 2. The molecule has 7 heteroatoms. The van der Waals surface area contributed by atoms with Crippen LogP contribution in [0.5, 0.6) is 0 Å². The van der Waals surface area contributed by atoms with Crippen LogP contribution in [0.15, 0.2) is 28.5 Å². The lowest BCUT2D eigenvalue weighted by Crippen LogP contribution is -2.34. The molecule has 0 amide bonds. The van der Waals surface area contributed by atoms with Crippen molar-refractivity contribution in [1.82, 2.24) is 9.71 Å². The highest BCUT2D eigenvalue weighted by Crippen LogP contribution is 2.26. The Morgan fingerprint density at radius 1 is 1.33 bits per heavy atom. The molecular formula is C14H17ClN2O2S2. The Morgan fingerprint density at radius 2 is 2.00 bits per heavy atom. The number of rotatable bonds is 5. The Hall–Kier alpha value is -0.950. The van der Waals surface area contributed by atoms with Gasteiger partial charge in [0, 0.05) is 6.04 Å². The Labute approximate surface area is 134 Å². The summed E-state index contributed by atoms with van der Waals surface area (Å²) < 4.78 is 27.8. The summed E-state index contributed by atoms with van der Waals surface area (Å²) in [5.41, 5.74) is 2.72. The van der Waals surface area contributed by atoms with Gasteiger partial charge in [0.15, 0.2) is 8.68 Å². The van der Waals surface area contributed by atoms with Crippen LogP contribution in [0.25, 0.3) is 0 Å². The molecule has 0 aliphatic heterocycles. The summed E-state index contributed by atoms with van der Waals surface area (Å²) in [6.07, 6.45) is 0.636. The van der Waals surface area contributed by atoms with Crippen LogP contribution in [0.4, 0.5) is 0 Å². The second-order valence-corrected chi connectivity index (χ2v) is 8.48. The van der Waals surface area contributed by atoms with Crippen LogP contribution >= 0.6 is 22.9 Å². The number of halogens is 1. The summed E-state index contributed by atoms with van der Waals surface area (Å²) >= 11 is 6.75. The van der Waals surface area contributed by atoms with Crippen LogP contribution in [0, 0.1) is 13.8 Å². The van der Waals surface area contributed by atoms with Gasteiger partial charge in [-0.15, -0.1) is 0 Å². The molecule has 1 atom stereocenters. The van der Waals surface area contributed by atoms with Crippen LogP contribution in [0.3, 0.4) is 0 Å². The smallest absolute Gasteiger partial charge is 0.229 e. The average Bonchev–Trinajstić information content (AvgIpc) is 2.71. The molecule has 1 aromatic heterocycles. The molecule has 0 saturated heterocycles. The molecule has 2 aromatic rings. The van der Waals surface area contributed by atoms with Gasteiger partial charge in [0.2, 0.25) is 0 Å². The number of nitrogens with zero attached hydrogens (tertiary/aromatic N) is 1. The molecular weight excluding hydrogens is 328 g/mol. The topological polar surface area (TPSA) is 59.1 Å². The maximum Gasteiger partial charge on any atom is 0.252 e. The van der Waals surface area contributed by atoms with E-state index in [0.717, 1.165) is 22.5 Å². The van der Waals surface area contributed by atoms with Crippen molar-refractivity contribution < 1.29 is 8.42 Å². The third kappa shape index (κ3) is 4.03. The van der Waals surface area contributed by atoms with Crippen molar-refractivity contribution in [2.24, 2.45) is 0 Å². The van der Waals surface area contributed by atoms with Gasteiger partial charge < -0.3 is 0 Å². The van der Waals surface area contributed by atoms with Crippen molar-refractivity contribution in [3.63, 3.8) is 0 Å². The molecule has 0 spiro atoms. The Bertz CT molecular complexity index is 741. The van der Waals surface area contributed by atoms with Crippen LogP contribution in [-0.4, -0.2) is 19.4 Å². The normalized spacial score (nSPS) is 13.3. The standard InChI is InChI=1S/C14H17ClN2O2S2/c1-9-6-4-5-7-12(9)8-10(2)17-21(18,19)13-11(3)16-14(15)20-13/h4-7,10,17H,8H2,1-3H3. The zero-order valence-corrected chi connectivity index (χ0v) is 14.4. The molecule has 21 heavy (non-hydrogen) atoms. The minimum atomic E-state index is -3.58. The van der Waals surface area contributed by atoms with Crippen molar-refractivity contribution in [2.45, 2.75) is 37.4 Å². The highest BCUT2D eigenvalue weighted by Gasteiger charge is 2.23. The van der Waals surface area contributed by atoms with E-state index in [2.05, 4.69) is 9.71 Å². The zero-order chi connectivity index (χ0) is 15.6. The maximum absolute atomic E-state index is 12.4. The fourth-order valence-corrected chi connectivity index (χ4v) is 5.13. The highest BCUT2D eigenvalue weighted by atomic mass is 35.5. The third-order valence-corrected chi connectivity index (χ3v) is 6.58. The lowest BCUT2D eigenvalue weighted by molar-refractivity contribution is 0.560. The molecule has 0 bridgehead atoms. The lowest BCUT2D eigenvalue weighted by Gasteiger charge is -2.15. The Kier molecular flexibility index (Phi) is 5.03. The summed E-state index contributed by atoms with van der Waals surface area (Å²) in [7, 11) is -3.58. The largest absolute Gasteiger partial charge is 0.252 e. The first-order valence-electron chi connectivity index (χ1n) is 6.49. The molecule has 1 aromatic carbocycles. The van der Waals surface area contributed by atoms with Crippen LogP contribution in [-0.2, 0) is 16.4 Å². The van der Waals surface area contributed by atoms with Crippen LogP contribution in [0.2, 0.25) is 4.47 Å². The van der Waals surface area contributed by atoms with Crippen molar-refractivity contribution >= 4 is 33.0 Å². The predicted octanol–water partition coefficient (Wildman–Crippen LogP) is 3.32. The van der Waals surface area contributed by atoms with E-state index < -0.39 is 10.0 Å². The van der Waals surface area contributed by atoms with Crippen LogP contribution in [0.1, 0.15) is 23.7 Å². The van der Waals surface area contributed by atoms with Gasteiger partial charge in [-0.25, -0.2) is 18.1 Å². The monoisotopic (exact) mass is 344 g/mol. The van der Waals surface area contributed by atoms with E-state index in [1.54, 1.807) is 6.92 Å². The van der Waals surface area contributed by atoms with Crippen molar-refractivity contribution in [3.05, 3.63) is 45.6 Å². The fraction of sp³-hybridized carbons (Fsp3) is 0.357. The van der Waals surface area contributed by atoms with Gasteiger partial charge in [0.05, 0.1) is 5.69 Å². The zero-order valence-electron chi connectivity index (χ0n) is 12.1. The van der Waals surface area contributed by atoms with Gasteiger partial charge in [-0.1, -0.05) is 47.2 Å². The lowest BCUT2D eigenvalue weighted by atomic mass is 10.0. The van der Waals surface area contributed by atoms with Crippen LogP contribution < -0.4 is 4.72 Å². The van der Waals surface area contributed by atoms with Crippen molar-refractivity contribution in [2.75, 3.05) is 0 Å². The second-order valence-electron chi connectivity index (χ2n) is 4.99. The summed E-state index contributed by atoms with van der Waals surface area (Å²) in [5, 5.41) is 0. The van der Waals surface area contributed by atoms with E-state index in [1.807, 2.05) is 38.1 Å². The molecule has 114 valence electrons. The van der Waals surface area contributed by atoms with Gasteiger partial charge in [0.1, 0.15) is 0 Å². The molecule has 0 saturated carbocycles. The van der Waals surface area contributed by atoms with E-state index in [0.29, 0.717) is 12.1 Å². The number of hydrogen-bond donors (Lipinski definition) is 1. The van der Waals surface area contributed by atoms with E-state index in [-0.39, 0.29) is 14.7 Å². The van der Waals surface area contributed by atoms with E-state index in [9.17, 15) is 8.42 Å². The summed E-state index contributed by atoms with van der Waals surface area (Å²) in [4.78, 5) is 3.95. The van der Waals surface area contributed by atoms with Gasteiger partial charge in [0.25, 0.3) is 10.0 Å². The fourth-order valence-electron chi connectivity index (χ4n) is 2.13. The summed E-state index contributed by atoms with van der Waals surface area (Å²) in [5.74, 6) is 0. The number of hydrogen-bond acceptors (Lipinski definition) is 4. The van der Waals surface area contributed by atoms with E-state index in [1.165, 1.54) is 0 Å². The molecule has 1 N–H and O–H groups in total. The molecule has 0 aliphatic carbocycles. The highest BCUT2D eigenvalue weighted by molar-refractivity contribution is 7.91. The first kappa shape index (κ1) is 16.4. The number of nitrogens with one attached hydrogen (secondary N) is 1.